The summed E-state index contributed by atoms with van der Waals surface area (Å²) in [7, 11) is 0. The predicted octanol–water partition coefficient (Wildman–Crippen LogP) is 2.38. The third-order valence-electron chi connectivity index (χ3n) is 2.09. The number of nitrogens with one attached hydrogen (secondary N) is 2. The average molecular weight is 233 g/mol. The van der Waals surface area contributed by atoms with Gasteiger partial charge in [0.05, 0.1) is 11.8 Å². The molecule has 0 saturated carbocycles. The molecule has 4 nitrogen and oxygen atoms in total. The van der Waals surface area contributed by atoms with Crippen LogP contribution < -0.4 is 5.32 Å². The number of carbonyl (C=O) groups is 1. The van der Waals surface area contributed by atoms with Gasteiger partial charge < -0.3 is 5.32 Å². The van der Waals surface area contributed by atoms with E-state index in [4.69, 9.17) is 0 Å². The highest BCUT2D eigenvalue weighted by Crippen LogP contribution is 2.19. The van der Waals surface area contributed by atoms with E-state index in [1.54, 1.807) is 18.0 Å². The second kappa shape index (κ2) is 4.85. The van der Waals surface area contributed by atoms with Crippen LogP contribution in [0.3, 0.4) is 0 Å². The lowest BCUT2D eigenvalue weighted by Crippen LogP contribution is -2.10. The van der Waals surface area contributed by atoms with E-state index in [0.29, 0.717) is 5.56 Å². The van der Waals surface area contributed by atoms with Gasteiger partial charge in [-0.2, -0.15) is 5.10 Å². The highest BCUT2D eigenvalue weighted by atomic mass is 32.2. The average Bonchev–Trinajstić information content (AvgIpc) is 2.83. The molecular weight excluding hydrogens is 222 g/mol. The van der Waals surface area contributed by atoms with Crippen molar-refractivity contribution in [3.8, 4) is 0 Å². The van der Waals surface area contributed by atoms with E-state index >= 15 is 0 Å². The largest absolute Gasteiger partial charge is 0.322 e. The maximum Gasteiger partial charge on any atom is 0.258 e. The van der Waals surface area contributed by atoms with Gasteiger partial charge in [0.1, 0.15) is 0 Å². The van der Waals surface area contributed by atoms with Gasteiger partial charge in [0.25, 0.3) is 5.91 Å². The quantitative estimate of drug-likeness (QED) is 0.800. The number of aromatic amines is 1. The van der Waals surface area contributed by atoms with Crippen molar-refractivity contribution in [3.05, 3.63) is 42.2 Å². The predicted molar refractivity (Wildman–Crippen MR) is 64.8 cm³/mol. The van der Waals surface area contributed by atoms with Gasteiger partial charge in [-0.05, 0) is 24.5 Å². The molecule has 0 aliphatic heterocycles. The molecule has 0 bridgehead atoms. The van der Waals surface area contributed by atoms with Crippen molar-refractivity contribution in [3.63, 3.8) is 0 Å². The summed E-state index contributed by atoms with van der Waals surface area (Å²) < 4.78 is 0. The van der Waals surface area contributed by atoms with E-state index in [0.717, 1.165) is 10.6 Å². The smallest absolute Gasteiger partial charge is 0.258 e. The van der Waals surface area contributed by atoms with Gasteiger partial charge in [-0.25, -0.2) is 0 Å². The van der Waals surface area contributed by atoms with Crippen molar-refractivity contribution >= 4 is 23.4 Å². The third kappa shape index (κ3) is 2.43. The summed E-state index contributed by atoms with van der Waals surface area (Å²) in [6.45, 7) is 0. The van der Waals surface area contributed by atoms with E-state index in [1.165, 1.54) is 6.20 Å². The number of amides is 1. The first kappa shape index (κ1) is 10.8. The number of anilines is 1. The standard InChI is InChI=1S/C11H11N3OS/c1-16-10-4-2-3-9(5-10)14-11(15)8-6-12-13-7-8/h2-7H,1H3,(H,12,13)(H,14,15). The Morgan fingerprint density at radius 2 is 2.38 bits per heavy atom. The van der Waals surface area contributed by atoms with E-state index in [1.807, 2.05) is 30.5 Å². The second-order valence-corrected chi connectivity index (χ2v) is 4.05. The number of hydrogen-bond donors (Lipinski definition) is 2. The molecule has 0 spiro atoms. The molecule has 1 aromatic carbocycles. The van der Waals surface area contributed by atoms with Crippen molar-refractivity contribution < 1.29 is 4.79 Å². The molecule has 0 saturated heterocycles. The van der Waals surface area contributed by atoms with E-state index in [9.17, 15) is 4.79 Å². The number of carbonyl (C=O) groups excluding carboxylic acids is 1. The number of aromatic nitrogens is 2. The van der Waals surface area contributed by atoms with Gasteiger partial charge in [-0.15, -0.1) is 11.8 Å². The molecule has 1 aromatic heterocycles. The number of H-pyrrole nitrogens is 1. The van der Waals surface area contributed by atoms with Crippen molar-refractivity contribution in [2.24, 2.45) is 0 Å². The van der Waals surface area contributed by atoms with Crippen LogP contribution in [0.1, 0.15) is 10.4 Å². The van der Waals surface area contributed by atoms with Crippen molar-refractivity contribution in [1.82, 2.24) is 10.2 Å². The lowest BCUT2D eigenvalue weighted by molar-refractivity contribution is 0.102. The second-order valence-electron chi connectivity index (χ2n) is 3.17. The highest BCUT2D eigenvalue weighted by molar-refractivity contribution is 7.98. The minimum atomic E-state index is -0.160. The van der Waals surface area contributed by atoms with Crippen LogP contribution in [0.15, 0.2) is 41.6 Å². The van der Waals surface area contributed by atoms with Crippen LogP contribution in [0.5, 0.6) is 0 Å². The molecule has 2 N–H and O–H groups in total. The maximum atomic E-state index is 11.7. The van der Waals surface area contributed by atoms with E-state index in [-0.39, 0.29) is 5.91 Å². The fourth-order valence-corrected chi connectivity index (χ4v) is 1.74. The Bertz CT molecular complexity index is 482. The summed E-state index contributed by atoms with van der Waals surface area (Å²) in [4.78, 5) is 12.8. The number of benzene rings is 1. The number of nitrogens with zero attached hydrogens (tertiary/aromatic N) is 1. The molecule has 0 atom stereocenters. The van der Waals surface area contributed by atoms with Crippen molar-refractivity contribution in [2.75, 3.05) is 11.6 Å². The zero-order valence-electron chi connectivity index (χ0n) is 8.73. The lowest BCUT2D eigenvalue weighted by atomic mass is 10.3. The Labute approximate surface area is 97.5 Å². The first-order chi connectivity index (χ1) is 7.79. The van der Waals surface area contributed by atoms with Crippen LogP contribution in [0, 0.1) is 0 Å². The Balaban J connectivity index is 2.12. The molecule has 1 amide bonds. The summed E-state index contributed by atoms with van der Waals surface area (Å²) in [5.41, 5.74) is 1.31. The summed E-state index contributed by atoms with van der Waals surface area (Å²) in [6.07, 6.45) is 5.05. The van der Waals surface area contributed by atoms with Gasteiger partial charge in [0.15, 0.2) is 0 Å². The van der Waals surface area contributed by atoms with Gasteiger partial charge in [0.2, 0.25) is 0 Å². The molecule has 1 heterocycles. The highest BCUT2D eigenvalue weighted by Gasteiger charge is 2.06. The number of thioether (sulfide) groups is 1. The summed E-state index contributed by atoms with van der Waals surface area (Å²) in [6, 6.07) is 7.70. The normalized spacial score (nSPS) is 10.1. The van der Waals surface area contributed by atoms with Crippen LogP contribution in [0.25, 0.3) is 0 Å². The van der Waals surface area contributed by atoms with E-state index < -0.39 is 0 Å². The van der Waals surface area contributed by atoms with Gasteiger partial charge >= 0.3 is 0 Å². The Kier molecular flexibility index (Phi) is 3.26. The van der Waals surface area contributed by atoms with Crippen molar-refractivity contribution in [2.45, 2.75) is 4.90 Å². The minimum Gasteiger partial charge on any atom is -0.322 e. The molecule has 0 aliphatic rings. The Morgan fingerprint density at radius 1 is 1.50 bits per heavy atom. The number of hydrogen-bond acceptors (Lipinski definition) is 3. The summed E-state index contributed by atoms with van der Waals surface area (Å²) in [5, 5.41) is 9.14. The zero-order valence-corrected chi connectivity index (χ0v) is 9.54. The SMILES string of the molecule is CSc1cccc(NC(=O)c2cn[nH]c2)c1. The third-order valence-corrected chi connectivity index (χ3v) is 2.81. The molecule has 0 unspecified atom stereocenters. The lowest BCUT2D eigenvalue weighted by Gasteiger charge is -2.04. The minimum absolute atomic E-state index is 0.160. The van der Waals surface area contributed by atoms with Crippen LogP contribution >= 0.6 is 11.8 Å². The molecule has 5 heteroatoms. The summed E-state index contributed by atoms with van der Waals surface area (Å²) >= 11 is 1.64. The molecule has 16 heavy (non-hydrogen) atoms. The molecule has 0 fully saturated rings. The van der Waals surface area contributed by atoms with Crippen LogP contribution in [0.4, 0.5) is 5.69 Å². The summed E-state index contributed by atoms with van der Waals surface area (Å²) in [5.74, 6) is -0.160. The Morgan fingerprint density at radius 3 is 3.06 bits per heavy atom. The molecule has 0 radical (unpaired) electrons. The van der Waals surface area contributed by atoms with Gasteiger partial charge in [-0.1, -0.05) is 6.07 Å². The first-order valence-electron chi connectivity index (χ1n) is 4.74. The zero-order chi connectivity index (χ0) is 11.4. The number of rotatable bonds is 3. The van der Waals surface area contributed by atoms with E-state index in [2.05, 4.69) is 15.5 Å². The maximum absolute atomic E-state index is 11.7. The molecule has 2 rings (SSSR count). The van der Waals surface area contributed by atoms with Crippen LogP contribution in [-0.2, 0) is 0 Å². The first-order valence-corrected chi connectivity index (χ1v) is 5.96. The molecule has 2 aromatic rings. The van der Waals surface area contributed by atoms with Crippen LogP contribution in [0.2, 0.25) is 0 Å². The van der Waals surface area contributed by atoms with Crippen molar-refractivity contribution in [1.29, 1.82) is 0 Å². The Hall–Kier alpha value is -1.75. The van der Waals surface area contributed by atoms with Gasteiger partial charge in [0, 0.05) is 16.8 Å². The van der Waals surface area contributed by atoms with Crippen LogP contribution in [-0.4, -0.2) is 22.4 Å². The molecule has 0 aliphatic carbocycles. The van der Waals surface area contributed by atoms with Gasteiger partial charge in [-0.3, -0.25) is 9.89 Å². The molecule has 82 valence electrons. The fourth-order valence-electron chi connectivity index (χ4n) is 1.28. The molecular formula is C11H11N3OS. The topological polar surface area (TPSA) is 57.8 Å². The fraction of sp³-hybridized carbons (Fsp3) is 0.0909. The monoisotopic (exact) mass is 233 g/mol.